The fourth-order valence-corrected chi connectivity index (χ4v) is 23.1. The second kappa shape index (κ2) is 35.0. The van der Waals surface area contributed by atoms with E-state index in [1.807, 2.05) is 23.5 Å². The number of anilines is 9. The molecule has 1 aliphatic rings. The molecule has 664 valence electrons. The van der Waals surface area contributed by atoms with Gasteiger partial charge in [0.1, 0.15) is 5.58 Å². The van der Waals surface area contributed by atoms with E-state index >= 15 is 0 Å². The molecule has 0 N–H and O–H groups in total. The van der Waals surface area contributed by atoms with Crippen molar-refractivity contribution in [1.29, 1.82) is 0 Å². The van der Waals surface area contributed by atoms with E-state index < -0.39 is 0 Å². The van der Waals surface area contributed by atoms with Gasteiger partial charge in [0.25, 0.3) is 0 Å². The van der Waals surface area contributed by atoms with Gasteiger partial charge in [0.05, 0.1) is 16.7 Å². The summed E-state index contributed by atoms with van der Waals surface area (Å²) in [5.41, 5.74) is 30.4. The van der Waals surface area contributed by atoms with Crippen molar-refractivity contribution in [3.8, 4) is 61.3 Å². The predicted molar refractivity (Wildman–Crippen MR) is 602 cm³/mol. The van der Waals surface area contributed by atoms with Gasteiger partial charge in [-0.15, -0.1) is 11.3 Å². The van der Waals surface area contributed by atoms with Crippen LogP contribution < -0.4 is 14.7 Å². The number of rotatable bonds is 14. The van der Waals surface area contributed by atoms with Crippen LogP contribution in [0.3, 0.4) is 0 Å². The third-order valence-electron chi connectivity index (χ3n) is 28.9. The Morgan fingerprint density at radius 2 is 0.574 bits per heavy atom. The Kier molecular flexibility index (Phi) is 20.8. The van der Waals surface area contributed by atoms with E-state index in [2.05, 4.69) is 543 Å². The molecule has 24 aromatic carbocycles. The zero-order chi connectivity index (χ0) is 93.6. The van der Waals surface area contributed by atoms with E-state index in [1.54, 1.807) is 0 Å². The van der Waals surface area contributed by atoms with Crippen molar-refractivity contribution in [2.75, 3.05) is 14.7 Å². The maximum absolute atomic E-state index is 6.50. The molecule has 5 nitrogen and oxygen atoms in total. The van der Waals surface area contributed by atoms with Crippen LogP contribution in [0.1, 0.15) is 25.0 Å². The van der Waals surface area contributed by atoms with Crippen molar-refractivity contribution < 1.29 is 4.42 Å². The number of fused-ring (bicyclic) bond motifs is 21. The molecule has 3 aromatic heterocycles. The highest BCUT2D eigenvalue weighted by Gasteiger charge is 2.36. The second-order valence-corrected chi connectivity index (χ2v) is 38.4. The lowest BCUT2D eigenvalue weighted by molar-refractivity contribution is 0.660. The average molecular weight is 1820 g/mol. The molecule has 1 aliphatic carbocycles. The lowest BCUT2D eigenvalue weighted by Gasteiger charge is -2.28. The molecule has 3 heterocycles. The predicted octanol–water partition coefficient (Wildman–Crippen LogP) is 38.7. The van der Waals surface area contributed by atoms with E-state index in [9.17, 15) is 0 Å². The highest BCUT2D eigenvalue weighted by atomic mass is 32.1. The van der Waals surface area contributed by atoms with Crippen LogP contribution in [-0.4, -0.2) is 4.57 Å². The first kappa shape index (κ1) is 83.6. The standard InChI is InChI=1S/C50H34N2.C47H33NS.C38H25NO/c1-2-10-35(11-3-1)36-20-27-41(28-21-36)51(44-33-26-40-19-18-39-12-4-5-13-45(39)48(40)34-44)42-29-22-37(23-30-42)38-24-31-43(32-25-38)52-49-16-8-6-14-46(49)47-15-7-9-17-50(47)52;1-47(2)43-16-7-5-12-39(43)40-27-25-35(29-44(40)47)48(34-24-26-37-32(28-34)19-18-30-10-3-4-11-36(30)37)33-22-20-31(21-23-33)38-14-9-15-42-41-13-6-8-17-45(41)49-46(38)42;1-2-9-26(10-3-1)27-19-21-30(22-20-27)39(36-15-8-14-35-34-13-6-7-16-37(34)40-38(35)36)31-23-24-33-29(25-31)18-17-28-11-4-5-12-32(28)33/h1-34H;3-29H,1-2H3;1-25H. The first-order chi connectivity index (χ1) is 69.7. The Morgan fingerprint density at radius 1 is 0.213 bits per heavy atom. The molecule has 0 bridgehead atoms. The minimum absolute atomic E-state index is 0.0807. The molecule has 0 aliphatic heterocycles. The molecule has 0 amide bonds. The van der Waals surface area contributed by atoms with Gasteiger partial charge in [-0.05, 0) is 271 Å². The minimum Gasteiger partial charge on any atom is -0.454 e. The highest BCUT2D eigenvalue weighted by Crippen LogP contribution is 2.53. The smallest absolute Gasteiger partial charge is 0.159 e. The van der Waals surface area contributed by atoms with Gasteiger partial charge in [-0.25, -0.2) is 0 Å². The van der Waals surface area contributed by atoms with E-state index in [0.717, 1.165) is 73.1 Å². The lowest BCUT2D eigenvalue weighted by atomic mass is 9.82. The summed E-state index contributed by atoms with van der Waals surface area (Å²) in [5.74, 6) is 0. The zero-order valence-electron chi connectivity index (χ0n) is 77.8. The van der Waals surface area contributed by atoms with Gasteiger partial charge in [-0.2, -0.15) is 0 Å². The molecular weight excluding hydrogens is 1730 g/mol. The zero-order valence-corrected chi connectivity index (χ0v) is 78.6. The monoisotopic (exact) mass is 1820 g/mol. The molecule has 0 spiro atoms. The first-order valence-electron chi connectivity index (χ1n) is 48.5. The summed E-state index contributed by atoms with van der Waals surface area (Å²) in [5, 5.41) is 22.5. The quantitative estimate of drug-likeness (QED) is 0.101. The molecule has 0 atom stereocenters. The Labute approximate surface area is 822 Å². The van der Waals surface area contributed by atoms with Crippen molar-refractivity contribution in [3.63, 3.8) is 0 Å². The van der Waals surface area contributed by atoms with Crippen molar-refractivity contribution in [3.05, 3.63) is 533 Å². The van der Waals surface area contributed by atoms with Crippen LogP contribution in [0, 0.1) is 0 Å². The van der Waals surface area contributed by atoms with Gasteiger partial charge in [0.2, 0.25) is 0 Å². The molecule has 0 radical (unpaired) electrons. The fourth-order valence-electron chi connectivity index (χ4n) is 21.9. The van der Waals surface area contributed by atoms with E-state index in [0.29, 0.717) is 0 Å². The van der Waals surface area contributed by atoms with Gasteiger partial charge in [0, 0.05) is 98.3 Å². The highest BCUT2D eigenvalue weighted by molar-refractivity contribution is 7.26. The van der Waals surface area contributed by atoms with E-state index in [-0.39, 0.29) is 5.41 Å². The summed E-state index contributed by atoms with van der Waals surface area (Å²) >= 11 is 1.88. The number of nitrogens with zero attached hydrogens (tertiary/aromatic N) is 4. The normalized spacial score (nSPS) is 12.1. The minimum atomic E-state index is -0.0807. The Balaban J connectivity index is 0.000000110. The number of hydrogen-bond donors (Lipinski definition) is 0. The molecule has 0 saturated carbocycles. The van der Waals surface area contributed by atoms with Crippen molar-refractivity contribution in [2.45, 2.75) is 19.3 Å². The maximum atomic E-state index is 6.50. The molecule has 27 aromatic rings. The Hall–Kier alpha value is -17.9. The lowest BCUT2D eigenvalue weighted by Crippen LogP contribution is -2.16. The summed E-state index contributed by atoms with van der Waals surface area (Å²) < 4.78 is 11.5. The summed E-state index contributed by atoms with van der Waals surface area (Å²) in [6.45, 7) is 4.71. The number of thiophene rings is 1. The molecule has 28 rings (SSSR count). The maximum Gasteiger partial charge on any atom is 0.159 e. The van der Waals surface area contributed by atoms with Gasteiger partial charge in [0.15, 0.2) is 5.58 Å². The van der Waals surface area contributed by atoms with Crippen molar-refractivity contribution in [2.24, 2.45) is 0 Å². The molecule has 0 saturated heterocycles. The van der Waals surface area contributed by atoms with Crippen molar-refractivity contribution >= 4 is 191 Å². The van der Waals surface area contributed by atoms with Gasteiger partial charge >= 0.3 is 0 Å². The molecule has 141 heavy (non-hydrogen) atoms. The van der Waals surface area contributed by atoms with Crippen LogP contribution in [0.5, 0.6) is 0 Å². The molecule has 0 unspecified atom stereocenters. The van der Waals surface area contributed by atoms with Gasteiger partial charge < -0.3 is 23.7 Å². The summed E-state index contributed by atoms with van der Waals surface area (Å²) in [7, 11) is 0. The number of benzene rings is 24. The molecule has 0 fully saturated rings. The number of aromatic nitrogens is 1. The van der Waals surface area contributed by atoms with Crippen LogP contribution in [-0.2, 0) is 5.41 Å². The largest absolute Gasteiger partial charge is 0.454 e. The Bertz CT molecular complexity index is 9460. The van der Waals surface area contributed by atoms with E-state index in [1.165, 1.54) is 179 Å². The first-order valence-corrected chi connectivity index (χ1v) is 49.3. The summed E-state index contributed by atoms with van der Waals surface area (Å²) in [4.78, 5) is 7.11. The van der Waals surface area contributed by atoms with Crippen LogP contribution in [0.2, 0.25) is 0 Å². The van der Waals surface area contributed by atoms with Crippen LogP contribution in [0.4, 0.5) is 51.2 Å². The average Bonchev–Trinajstić information content (AvgIpc) is 1.57. The second-order valence-electron chi connectivity index (χ2n) is 37.4. The Morgan fingerprint density at radius 3 is 1.16 bits per heavy atom. The number of hydrogen-bond acceptors (Lipinski definition) is 5. The van der Waals surface area contributed by atoms with Gasteiger partial charge in [-0.3, -0.25) is 0 Å². The third-order valence-corrected chi connectivity index (χ3v) is 30.1. The molecular formula is C135H92N4OS. The van der Waals surface area contributed by atoms with E-state index in [4.69, 9.17) is 4.42 Å². The topological polar surface area (TPSA) is 27.8 Å². The summed E-state index contributed by atoms with van der Waals surface area (Å²) in [6, 6.07) is 189. The van der Waals surface area contributed by atoms with Gasteiger partial charge in [-0.1, -0.05) is 396 Å². The fraction of sp³-hybridized carbons (Fsp3) is 0.0222. The molecule has 6 heteroatoms. The van der Waals surface area contributed by atoms with Crippen LogP contribution >= 0.6 is 11.3 Å². The van der Waals surface area contributed by atoms with Crippen molar-refractivity contribution in [1.82, 2.24) is 4.57 Å². The third kappa shape index (κ3) is 14.9. The van der Waals surface area contributed by atoms with Crippen LogP contribution in [0.15, 0.2) is 526 Å². The summed E-state index contributed by atoms with van der Waals surface area (Å²) in [6.07, 6.45) is 0. The number of para-hydroxylation sites is 4. The van der Waals surface area contributed by atoms with Crippen LogP contribution in [0.25, 0.3) is 190 Å². The number of furan rings is 1. The SMILES string of the molecule is CC1(C)c2ccccc2-c2ccc(N(c3ccc(-c4cccc5c4sc4ccccc45)cc3)c3ccc4c(ccc5ccccc54)c3)cc21.c1ccc(-c2ccc(N(c3ccc(-c4ccc(-n5c6ccccc6c6ccccc65)cc4)cc3)c3ccc4ccc5ccccc5c4c3)cc2)cc1.c1ccc(-c2ccc(N(c3ccc4c(ccc5ccccc54)c3)c3cccc4c3oc3ccccc34)cc2)cc1.